The van der Waals surface area contributed by atoms with Crippen molar-refractivity contribution >= 4 is 69.6 Å². The fraction of sp³-hybridized carbons (Fsp3) is 0.273. The van der Waals surface area contributed by atoms with Crippen LogP contribution in [0.25, 0.3) is 23.3 Å². The van der Waals surface area contributed by atoms with E-state index >= 15 is 0 Å². The number of carbonyl (C=O) groups excluding carboxylic acids is 2. The second-order valence-corrected chi connectivity index (χ2v) is 13.7. The zero-order chi connectivity index (χ0) is 36.2. The van der Waals surface area contributed by atoms with E-state index in [2.05, 4.69) is 4.90 Å². The lowest BCUT2D eigenvalue weighted by atomic mass is 9.99. The Morgan fingerprint density at radius 3 is 2.22 bits per heavy atom. The minimum Gasteiger partial charge on any atom is -0.478 e. The van der Waals surface area contributed by atoms with Crippen molar-refractivity contribution in [3.63, 3.8) is 0 Å². The summed E-state index contributed by atoms with van der Waals surface area (Å²) in [5.74, 6) is -2.29. The molecule has 0 spiro atoms. The molecular formula is C33H26F6N2O6S3. The number of amides is 1. The van der Waals surface area contributed by atoms with Gasteiger partial charge in [0.15, 0.2) is 0 Å². The smallest absolute Gasteiger partial charge is 0.416 e. The van der Waals surface area contributed by atoms with Crippen molar-refractivity contribution < 1.29 is 55.3 Å². The molecule has 3 heterocycles. The molecule has 1 N–H and O–H groups in total. The van der Waals surface area contributed by atoms with Gasteiger partial charge in [-0.25, -0.2) is 4.79 Å². The number of alkyl halides is 6. The van der Waals surface area contributed by atoms with Crippen LogP contribution in [0.4, 0.5) is 26.3 Å². The number of thiophene rings is 1. The third kappa shape index (κ3) is 9.39. The first-order valence-corrected chi connectivity index (χ1v) is 16.8. The van der Waals surface area contributed by atoms with E-state index in [0.29, 0.717) is 54.7 Å². The maximum absolute atomic E-state index is 13.7. The number of rotatable bonds is 10. The summed E-state index contributed by atoms with van der Waals surface area (Å²) in [5.41, 5.74) is -3.07. The van der Waals surface area contributed by atoms with Crippen molar-refractivity contribution in [3.8, 4) is 16.9 Å². The van der Waals surface area contributed by atoms with Crippen molar-refractivity contribution in [1.82, 2.24) is 9.80 Å². The SMILES string of the molecule is O=C(CCN1C(=O)C(=Cc2cc(-c3cc(C(F)(F)F)cc(C(F)(F)F)c3)c(C=CCN3CCOCC3)s2)SC1=S)Oc1ccc(C(=O)O)cc1. The molecule has 1 amide bonds. The van der Waals surface area contributed by atoms with Gasteiger partial charge in [0.25, 0.3) is 5.91 Å². The van der Waals surface area contributed by atoms with E-state index in [1.54, 1.807) is 12.2 Å². The number of hydrogen-bond donors (Lipinski definition) is 1. The van der Waals surface area contributed by atoms with E-state index in [1.807, 2.05) is 0 Å². The van der Waals surface area contributed by atoms with Gasteiger partial charge in [-0.2, -0.15) is 26.3 Å². The molecule has 17 heteroatoms. The topological polar surface area (TPSA) is 96.4 Å². The lowest BCUT2D eigenvalue weighted by molar-refractivity contribution is -0.143. The van der Waals surface area contributed by atoms with Crippen molar-refractivity contribution in [3.05, 3.63) is 86.0 Å². The van der Waals surface area contributed by atoms with Gasteiger partial charge in [0.1, 0.15) is 10.1 Å². The summed E-state index contributed by atoms with van der Waals surface area (Å²) in [6.07, 6.45) is -5.47. The summed E-state index contributed by atoms with van der Waals surface area (Å²) in [7, 11) is 0. The van der Waals surface area contributed by atoms with Gasteiger partial charge in [0.05, 0.1) is 41.2 Å². The summed E-state index contributed by atoms with van der Waals surface area (Å²) in [6.45, 7) is 2.73. The predicted octanol–water partition coefficient (Wildman–Crippen LogP) is 7.69. The molecule has 0 atom stereocenters. The summed E-state index contributed by atoms with van der Waals surface area (Å²) in [4.78, 5) is 40.9. The third-order valence-electron chi connectivity index (χ3n) is 7.43. The van der Waals surface area contributed by atoms with Crippen molar-refractivity contribution in [2.45, 2.75) is 18.8 Å². The molecular weight excluding hydrogens is 731 g/mol. The number of benzene rings is 2. The predicted molar refractivity (Wildman–Crippen MR) is 180 cm³/mol. The Hall–Kier alpha value is -4.03. The summed E-state index contributed by atoms with van der Waals surface area (Å²) in [5, 5.41) is 9.00. The standard InChI is InChI=1S/C33H26F6N2O6S3/c34-32(35,36)21-14-20(15-22(16-21)33(37,38)39)25-17-24(49-26(25)2-1-8-40-10-12-46-13-11-40)18-27-29(43)41(31(48)50-27)9-7-28(42)47-23-5-3-19(4-6-23)30(44)45/h1-6,14-18H,7-13H2,(H,44,45). The molecule has 0 radical (unpaired) electrons. The quantitative estimate of drug-likeness (QED) is 0.0735. The van der Waals surface area contributed by atoms with Gasteiger partial charge in [-0.15, -0.1) is 11.3 Å². The first-order valence-electron chi connectivity index (χ1n) is 14.8. The molecule has 2 aliphatic heterocycles. The highest BCUT2D eigenvalue weighted by Gasteiger charge is 2.37. The number of halogens is 6. The summed E-state index contributed by atoms with van der Waals surface area (Å²) in [6, 6.07) is 7.99. The molecule has 0 aliphatic carbocycles. The molecule has 5 rings (SSSR count). The fourth-order valence-corrected chi connectivity index (χ4v) is 7.35. The van der Waals surface area contributed by atoms with Crippen LogP contribution in [0, 0.1) is 0 Å². The van der Waals surface area contributed by atoms with Crippen LogP contribution in [0.1, 0.15) is 37.7 Å². The normalized spacial score (nSPS) is 16.9. The number of aromatic carboxylic acids is 1. The van der Waals surface area contributed by atoms with E-state index in [4.69, 9.17) is 26.8 Å². The van der Waals surface area contributed by atoms with Crippen LogP contribution >= 0.6 is 35.3 Å². The van der Waals surface area contributed by atoms with E-state index in [9.17, 15) is 40.7 Å². The number of carboxylic acids is 1. The first kappa shape index (κ1) is 37.2. The Bertz CT molecular complexity index is 1810. The average molecular weight is 757 g/mol. The average Bonchev–Trinajstić information content (AvgIpc) is 3.58. The molecule has 2 aliphatic rings. The minimum absolute atomic E-state index is 0.00373. The van der Waals surface area contributed by atoms with Crippen LogP contribution in [0.5, 0.6) is 5.75 Å². The monoisotopic (exact) mass is 756 g/mol. The lowest BCUT2D eigenvalue weighted by Gasteiger charge is -2.25. The van der Waals surface area contributed by atoms with Gasteiger partial charge in [-0.05, 0) is 66.2 Å². The van der Waals surface area contributed by atoms with Crippen LogP contribution < -0.4 is 4.74 Å². The van der Waals surface area contributed by atoms with Crippen molar-refractivity contribution in [2.75, 3.05) is 39.4 Å². The molecule has 0 bridgehead atoms. The second kappa shape index (κ2) is 15.5. The van der Waals surface area contributed by atoms with Crippen LogP contribution in [0.15, 0.2) is 59.5 Å². The van der Waals surface area contributed by atoms with Gasteiger partial charge in [0.2, 0.25) is 0 Å². The highest BCUT2D eigenvalue weighted by molar-refractivity contribution is 8.26. The Kier molecular flexibility index (Phi) is 11.5. The number of morpholine rings is 1. The molecule has 2 fully saturated rings. The first-order chi connectivity index (χ1) is 23.6. The number of carbonyl (C=O) groups is 3. The number of nitrogens with zero attached hydrogens (tertiary/aromatic N) is 2. The minimum atomic E-state index is -5.04. The second-order valence-electron chi connectivity index (χ2n) is 10.9. The summed E-state index contributed by atoms with van der Waals surface area (Å²) < 4.78 is 92.9. The molecule has 2 saturated heterocycles. The van der Waals surface area contributed by atoms with Crippen LogP contribution in [-0.4, -0.2) is 76.5 Å². The highest BCUT2D eigenvalue weighted by atomic mass is 32.2. The van der Waals surface area contributed by atoms with E-state index in [1.165, 1.54) is 41.3 Å². The highest BCUT2D eigenvalue weighted by Crippen LogP contribution is 2.42. The van der Waals surface area contributed by atoms with Crippen LogP contribution in [-0.2, 0) is 26.7 Å². The molecule has 50 heavy (non-hydrogen) atoms. The Morgan fingerprint density at radius 1 is 0.980 bits per heavy atom. The van der Waals surface area contributed by atoms with E-state index in [0.717, 1.165) is 23.1 Å². The molecule has 0 unspecified atom stereocenters. The Morgan fingerprint density at radius 2 is 1.62 bits per heavy atom. The maximum atomic E-state index is 13.7. The van der Waals surface area contributed by atoms with Crippen molar-refractivity contribution in [2.24, 2.45) is 0 Å². The number of ether oxygens (including phenoxy) is 2. The number of esters is 1. The lowest BCUT2D eigenvalue weighted by Crippen LogP contribution is -2.36. The number of thiocarbonyl (C=S) groups is 1. The summed E-state index contributed by atoms with van der Waals surface area (Å²) >= 11 is 7.35. The van der Waals surface area contributed by atoms with E-state index in [-0.39, 0.29) is 50.7 Å². The zero-order valence-electron chi connectivity index (χ0n) is 25.7. The van der Waals surface area contributed by atoms with Crippen LogP contribution in [0.3, 0.4) is 0 Å². The van der Waals surface area contributed by atoms with Crippen molar-refractivity contribution in [1.29, 1.82) is 0 Å². The fourth-order valence-electron chi connectivity index (χ4n) is 4.92. The van der Waals surface area contributed by atoms with E-state index < -0.39 is 41.3 Å². The van der Waals surface area contributed by atoms with Gasteiger partial charge < -0.3 is 14.6 Å². The molecule has 3 aromatic rings. The van der Waals surface area contributed by atoms with Gasteiger partial charge in [0, 0.05) is 41.5 Å². The van der Waals surface area contributed by atoms with Gasteiger partial charge >= 0.3 is 24.3 Å². The third-order valence-corrected chi connectivity index (χ3v) is 9.86. The molecule has 264 valence electrons. The molecule has 0 saturated carbocycles. The molecule has 8 nitrogen and oxygen atoms in total. The van der Waals surface area contributed by atoms with Gasteiger partial charge in [-0.3, -0.25) is 19.4 Å². The molecule has 1 aromatic heterocycles. The Labute approximate surface area is 294 Å². The number of carboxylic acid groups (broad SMARTS) is 1. The Balaban J connectivity index is 1.38. The molecule has 2 aromatic carbocycles. The largest absolute Gasteiger partial charge is 0.478 e. The zero-order valence-corrected chi connectivity index (χ0v) is 28.1. The number of thioether (sulfide) groups is 1. The number of hydrogen-bond acceptors (Lipinski definition) is 9. The maximum Gasteiger partial charge on any atom is 0.416 e. The van der Waals surface area contributed by atoms with Gasteiger partial charge in [-0.1, -0.05) is 30.1 Å². The van der Waals surface area contributed by atoms with Crippen LogP contribution in [0.2, 0.25) is 0 Å².